The highest BCUT2D eigenvalue weighted by Crippen LogP contribution is 2.29. The van der Waals surface area contributed by atoms with Gasteiger partial charge in [0.25, 0.3) is 0 Å². The molecule has 5 heteroatoms. The standard InChI is InChI=1S/C16H18BrFN2O/c1-10-7-13(18)5-3-11(10)9-15(20-19)12-4-6-16(21-2)14(17)8-12/h3-8,15,20H,9,19H2,1-2H3. The number of rotatable bonds is 5. The maximum Gasteiger partial charge on any atom is 0.133 e. The van der Waals surface area contributed by atoms with Gasteiger partial charge in [-0.3, -0.25) is 11.3 Å². The van der Waals surface area contributed by atoms with Crippen molar-refractivity contribution in [1.29, 1.82) is 0 Å². The summed E-state index contributed by atoms with van der Waals surface area (Å²) in [5.74, 6) is 6.23. The minimum absolute atomic E-state index is 0.0589. The van der Waals surface area contributed by atoms with Crippen LogP contribution in [-0.4, -0.2) is 7.11 Å². The summed E-state index contributed by atoms with van der Waals surface area (Å²) in [4.78, 5) is 0. The van der Waals surface area contributed by atoms with Gasteiger partial charge in [-0.05, 0) is 70.2 Å². The first-order valence-electron chi connectivity index (χ1n) is 6.59. The van der Waals surface area contributed by atoms with Crippen molar-refractivity contribution in [2.45, 2.75) is 19.4 Å². The first kappa shape index (κ1) is 15.9. The van der Waals surface area contributed by atoms with Gasteiger partial charge < -0.3 is 4.74 Å². The van der Waals surface area contributed by atoms with E-state index in [0.717, 1.165) is 26.9 Å². The molecule has 0 aliphatic heterocycles. The molecule has 2 aromatic carbocycles. The first-order valence-corrected chi connectivity index (χ1v) is 7.39. The van der Waals surface area contributed by atoms with Crippen molar-refractivity contribution in [2.75, 3.05) is 7.11 Å². The predicted molar refractivity (Wildman–Crippen MR) is 85.6 cm³/mol. The zero-order chi connectivity index (χ0) is 15.4. The Hall–Kier alpha value is -1.43. The van der Waals surface area contributed by atoms with E-state index in [2.05, 4.69) is 21.4 Å². The predicted octanol–water partition coefficient (Wildman–Crippen LogP) is 3.65. The summed E-state index contributed by atoms with van der Waals surface area (Å²) >= 11 is 3.47. The van der Waals surface area contributed by atoms with E-state index in [4.69, 9.17) is 10.6 Å². The second-order valence-corrected chi connectivity index (χ2v) is 5.74. The third-order valence-electron chi connectivity index (χ3n) is 3.51. The van der Waals surface area contributed by atoms with Gasteiger partial charge in [-0.15, -0.1) is 0 Å². The number of nitrogens with two attached hydrogens (primary N) is 1. The highest BCUT2D eigenvalue weighted by molar-refractivity contribution is 9.10. The van der Waals surface area contributed by atoms with Gasteiger partial charge in [0.05, 0.1) is 17.6 Å². The Morgan fingerprint density at radius 2 is 2.05 bits per heavy atom. The molecule has 2 aromatic rings. The third kappa shape index (κ3) is 3.81. The minimum atomic E-state index is -0.222. The van der Waals surface area contributed by atoms with Gasteiger partial charge in [0, 0.05) is 0 Å². The van der Waals surface area contributed by atoms with E-state index < -0.39 is 0 Å². The fourth-order valence-corrected chi connectivity index (χ4v) is 2.84. The van der Waals surface area contributed by atoms with Crippen LogP contribution in [0.3, 0.4) is 0 Å². The zero-order valence-electron chi connectivity index (χ0n) is 12.0. The Balaban J connectivity index is 2.25. The Morgan fingerprint density at radius 1 is 1.29 bits per heavy atom. The highest BCUT2D eigenvalue weighted by atomic mass is 79.9. The van der Waals surface area contributed by atoms with Crippen molar-refractivity contribution in [2.24, 2.45) is 5.84 Å². The van der Waals surface area contributed by atoms with Crippen LogP contribution in [0.2, 0.25) is 0 Å². The van der Waals surface area contributed by atoms with Gasteiger partial charge in [0.1, 0.15) is 11.6 Å². The Labute approximate surface area is 132 Å². The van der Waals surface area contributed by atoms with Crippen molar-refractivity contribution in [3.05, 3.63) is 63.4 Å². The lowest BCUT2D eigenvalue weighted by Crippen LogP contribution is -2.29. The highest BCUT2D eigenvalue weighted by Gasteiger charge is 2.14. The van der Waals surface area contributed by atoms with Gasteiger partial charge >= 0.3 is 0 Å². The molecule has 0 saturated carbocycles. The molecular formula is C16H18BrFN2O. The first-order chi connectivity index (χ1) is 10.0. The molecule has 112 valence electrons. The van der Waals surface area contributed by atoms with Crippen LogP contribution >= 0.6 is 15.9 Å². The van der Waals surface area contributed by atoms with E-state index in [-0.39, 0.29) is 11.9 Å². The van der Waals surface area contributed by atoms with Crippen molar-refractivity contribution >= 4 is 15.9 Å². The van der Waals surface area contributed by atoms with Gasteiger partial charge in [-0.2, -0.15) is 0 Å². The number of methoxy groups -OCH3 is 1. The van der Waals surface area contributed by atoms with Crippen LogP contribution in [0.25, 0.3) is 0 Å². The van der Waals surface area contributed by atoms with Gasteiger partial charge in [0.2, 0.25) is 0 Å². The summed E-state index contributed by atoms with van der Waals surface area (Å²) in [5, 5.41) is 0. The molecule has 1 unspecified atom stereocenters. The van der Waals surface area contributed by atoms with Gasteiger partial charge in [-0.25, -0.2) is 4.39 Å². The monoisotopic (exact) mass is 352 g/mol. The molecule has 0 amide bonds. The molecule has 0 heterocycles. The summed E-state index contributed by atoms with van der Waals surface area (Å²) in [6.07, 6.45) is 0.682. The van der Waals surface area contributed by atoms with Crippen molar-refractivity contribution in [3.63, 3.8) is 0 Å². The summed E-state index contributed by atoms with van der Waals surface area (Å²) in [5.41, 5.74) is 5.83. The molecule has 2 rings (SSSR count). The number of halogens is 2. The number of hydrogen-bond acceptors (Lipinski definition) is 3. The van der Waals surface area contributed by atoms with Crippen LogP contribution in [0, 0.1) is 12.7 Å². The van der Waals surface area contributed by atoms with Crippen LogP contribution < -0.4 is 16.0 Å². The normalized spacial score (nSPS) is 12.2. The van der Waals surface area contributed by atoms with E-state index in [1.165, 1.54) is 12.1 Å². The van der Waals surface area contributed by atoms with E-state index in [0.29, 0.717) is 6.42 Å². The van der Waals surface area contributed by atoms with Crippen LogP contribution in [0.1, 0.15) is 22.7 Å². The lowest BCUT2D eigenvalue weighted by molar-refractivity contribution is 0.411. The minimum Gasteiger partial charge on any atom is -0.496 e. The molecule has 3 nitrogen and oxygen atoms in total. The number of ether oxygens (including phenoxy) is 1. The van der Waals surface area contributed by atoms with Crippen LogP contribution in [0.15, 0.2) is 40.9 Å². The topological polar surface area (TPSA) is 47.3 Å². The molecule has 0 radical (unpaired) electrons. The largest absolute Gasteiger partial charge is 0.496 e. The average Bonchev–Trinajstić information content (AvgIpc) is 2.46. The molecular weight excluding hydrogens is 335 g/mol. The molecule has 0 bridgehead atoms. The fourth-order valence-electron chi connectivity index (χ4n) is 2.28. The molecule has 1 atom stereocenters. The maximum atomic E-state index is 13.2. The number of benzene rings is 2. The lowest BCUT2D eigenvalue weighted by atomic mass is 9.96. The molecule has 0 saturated heterocycles. The summed E-state index contributed by atoms with van der Waals surface area (Å²) in [6, 6.07) is 10.6. The van der Waals surface area contributed by atoms with E-state index in [1.807, 2.05) is 25.1 Å². The summed E-state index contributed by atoms with van der Waals surface area (Å²) in [6.45, 7) is 1.90. The zero-order valence-corrected chi connectivity index (χ0v) is 13.6. The smallest absolute Gasteiger partial charge is 0.133 e. The van der Waals surface area contributed by atoms with Gasteiger partial charge in [-0.1, -0.05) is 12.1 Å². The number of hydrogen-bond donors (Lipinski definition) is 2. The number of hydrazine groups is 1. The van der Waals surface area contributed by atoms with E-state index in [9.17, 15) is 4.39 Å². The number of aryl methyl sites for hydroxylation is 1. The molecule has 0 aromatic heterocycles. The number of nitrogens with one attached hydrogen (secondary N) is 1. The molecule has 0 spiro atoms. The molecule has 0 aliphatic carbocycles. The second kappa shape index (κ2) is 7.02. The second-order valence-electron chi connectivity index (χ2n) is 4.89. The van der Waals surface area contributed by atoms with Gasteiger partial charge in [0.15, 0.2) is 0 Å². The fraction of sp³-hybridized carbons (Fsp3) is 0.250. The van der Waals surface area contributed by atoms with Crippen LogP contribution in [0.4, 0.5) is 4.39 Å². The average molecular weight is 353 g/mol. The maximum absolute atomic E-state index is 13.2. The van der Waals surface area contributed by atoms with Crippen LogP contribution in [0.5, 0.6) is 5.75 Å². The Bertz CT molecular complexity index is 634. The van der Waals surface area contributed by atoms with Crippen molar-refractivity contribution in [1.82, 2.24) is 5.43 Å². The molecule has 3 N–H and O–H groups in total. The third-order valence-corrected chi connectivity index (χ3v) is 4.13. The Morgan fingerprint density at radius 3 is 2.62 bits per heavy atom. The lowest BCUT2D eigenvalue weighted by Gasteiger charge is -2.18. The van der Waals surface area contributed by atoms with Crippen molar-refractivity contribution in [3.8, 4) is 5.75 Å². The quantitative estimate of drug-likeness (QED) is 0.637. The van der Waals surface area contributed by atoms with Crippen LogP contribution in [-0.2, 0) is 6.42 Å². The van der Waals surface area contributed by atoms with E-state index >= 15 is 0 Å². The van der Waals surface area contributed by atoms with E-state index in [1.54, 1.807) is 13.2 Å². The molecule has 0 aliphatic rings. The summed E-state index contributed by atoms with van der Waals surface area (Å²) in [7, 11) is 1.63. The molecule has 0 fully saturated rings. The summed E-state index contributed by atoms with van der Waals surface area (Å²) < 4.78 is 19.3. The molecule has 21 heavy (non-hydrogen) atoms. The van der Waals surface area contributed by atoms with Crippen molar-refractivity contribution < 1.29 is 9.13 Å². The SMILES string of the molecule is COc1ccc(C(Cc2ccc(F)cc2C)NN)cc1Br. The Kier molecular flexibility index (Phi) is 5.33.